The molecule has 1 heterocycles. The molecule has 0 aromatic heterocycles. The van der Waals surface area contributed by atoms with Gasteiger partial charge in [0.15, 0.2) is 18.1 Å². The fourth-order valence-corrected chi connectivity index (χ4v) is 4.43. The summed E-state index contributed by atoms with van der Waals surface area (Å²) in [7, 11) is -3.83. The number of sulfonamides is 1. The average Bonchev–Trinajstić information content (AvgIpc) is 3.26. The van der Waals surface area contributed by atoms with E-state index in [0.717, 1.165) is 11.1 Å². The summed E-state index contributed by atoms with van der Waals surface area (Å²) in [4.78, 5) is 12.1. The van der Waals surface area contributed by atoms with E-state index in [-0.39, 0.29) is 41.5 Å². The van der Waals surface area contributed by atoms with Crippen LogP contribution in [0.2, 0.25) is 5.02 Å². The molecule has 1 aliphatic heterocycles. The minimum absolute atomic E-state index is 0.0207. The maximum absolute atomic E-state index is 12.6. The van der Waals surface area contributed by atoms with Crippen LogP contribution < -0.4 is 24.2 Å². The van der Waals surface area contributed by atoms with Gasteiger partial charge in [-0.05, 0) is 55.0 Å². The first kappa shape index (κ1) is 22.8. The lowest BCUT2D eigenvalue weighted by Gasteiger charge is -2.12. The third-order valence-corrected chi connectivity index (χ3v) is 6.48. The van der Waals surface area contributed by atoms with Gasteiger partial charge in [-0.25, -0.2) is 8.42 Å². The molecule has 4 rings (SSSR count). The van der Waals surface area contributed by atoms with Gasteiger partial charge in [0.05, 0.1) is 9.92 Å². The van der Waals surface area contributed by atoms with Crippen LogP contribution in [0.1, 0.15) is 11.1 Å². The molecule has 0 saturated carbocycles. The second-order valence-corrected chi connectivity index (χ2v) is 9.41. The maximum Gasteiger partial charge on any atom is 0.261 e. The number of rotatable bonds is 8. The molecule has 0 unspecified atom stereocenters. The lowest BCUT2D eigenvalue weighted by atomic mass is 10.2. The van der Waals surface area contributed by atoms with Crippen LogP contribution in [0.15, 0.2) is 65.6 Å². The van der Waals surface area contributed by atoms with Crippen LogP contribution in [0.3, 0.4) is 0 Å². The number of halogens is 1. The Kier molecular flexibility index (Phi) is 6.62. The van der Waals surface area contributed by atoms with E-state index in [2.05, 4.69) is 10.0 Å². The number of carbonyl (C=O) groups excluding carboxylic acids is 1. The molecular weight excluding hydrogens is 468 g/mol. The summed E-state index contributed by atoms with van der Waals surface area (Å²) in [6, 6.07) is 16.4. The van der Waals surface area contributed by atoms with E-state index in [1.165, 1.54) is 18.2 Å². The molecule has 0 bridgehead atoms. The summed E-state index contributed by atoms with van der Waals surface area (Å²) >= 11 is 6.20. The zero-order valence-corrected chi connectivity index (χ0v) is 19.2. The zero-order valence-electron chi connectivity index (χ0n) is 17.6. The normalized spacial score (nSPS) is 12.3. The molecule has 0 fully saturated rings. The number of hydrogen-bond donors (Lipinski definition) is 2. The van der Waals surface area contributed by atoms with E-state index < -0.39 is 10.0 Å². The standard InChI is InChI=1S/C23H21ClN2O6S/c1-15-2-5-17(6-3-15)26-33(28,29)18-7-9-20(19(24)11-18)30-13-23(27)25-12-16-4-8-21-22(10-16)32-14-31-21/h2-11,26H,12-14H2,1H3,(H,25,27). The Morgan fingerprint density at radius 1 is 1.03 bits per heavy atom. The molecule has 1 aliphatic rings. The number of ether oxygens (including phenoxy) is 3. The Morgan fingerprint density at radius 2 is 1.79 bits per heavy atom. The van der Waals surface area contributed by atoms with Gasteiger partial charge in [0, 0.05) is 12.2 Å². The van der Waals surface area contributed by atoms with Crippen LogP contribution in [0, 0.1) is 6.92 Å². The van der Waals surface area contributed by atoms with Gasteiger partial charge in [0.25, 0.3) is 15.9 Å². The lowest BCUT2D eigenvalue weighted by Crippen LogP contribution is -2.28. The summed E-state index contributed by atoms with van der Waals surface area (Å²) in [5.74, 6) is 1.14. The van der Waals surface area contributed by atoms with Crippen molar-refractivity contribution in [2.45, 2.75) is 18.4 Å². The van der Waals surface area contributed by atoms with Crippen molar-refractivity contribution in [2.75, 3.05) is 18.1 Å². The first-order valence-electron chi connectivity index (χ1n) is 9.97. The summed E-state index contributed by atoms with van der Waals surface area (Å²) in [5.41, 5.74) is 2.31. The van der Waals surface area contributed by atoms with E-state index in [4.69, 9.17) is 25.8 Å². The summed E-state index contributed by atoms with van der Waals surface area (Å²) in [6.45, 7) is 2.10. The molecule has 1 amide bonds. The van der Waals surface area contributed by atoms with Gasteiger partial charge in [-0.2, -0.15) is 0 Å². The fourth-order valence-electron chi connectivity index (χ4n) is 3.05. The molecule has 8 nitrogen and oxygen atoms in total. The third-order valence-electron chi connectivity index (χ3n) is 4.80. The number of benzene rings is 3. The largest absolute Gasteiger partial charge is 0.482 e. The molecule has 33 heavy (non-hydrogen) atoms. The van der Waals surface area contributed by atoms with Crippen molar-refractivity contribution in [1.82, 2.24) is 5.32 Å². The molecule has 172 valence electrons. The van der Waals surface area contributed by atoms with Crippen molar-refractivity contribution in [3.8, 4) is 17.2 Å². The predicted octanol–water partition coefficient (Wildman–Crippen LogP) is 3.87. The Balaban J connectivity index is 1.32. The number of fused-ring (bicyclic) bond motifs is 1. The van der Waals surface area contributed by atoms with Crippen LogP contribution in [0.5, 0.6) is 17.2 Å². The van der Waals surface area contributed by atoms with Gasteiger partial charge in [-0.15, -0.1) is 0 Å². The van der Waals surface area contributed by atoms with Gasteiger partial charge in [-0.1, -0.05) is 35.4 Å². The molecule has 0 saturated heterocycles. The van der Waals surface area contributed by atoms with Gasteiger partial charge >= 0.3 is 0 Å². The first-order valence-corrected chi connectivity index (χ1v) is 11.8. The second-order valence-electron chi connectivity index (χ2n) is 7.32. The number of amides is 1. The van der Waals surface area contributed by atoms with Gasteiger partial charge in [0.2, 0.25) is 6.79 Å². The monoisotopic (exact) mass is 488 g/mol. The Labute approximate surface area is 196 Å². The number of carbonyl (C=O) groups is 1. The van der Waals surface area contributed by atoms with Gasteiger partial charge in [-0.3, -0.25) is 9.52 Å². The number of nitrogens with one attached hydrogen (secondary N) is 2. The molecule has 0 radical (unpaired) electrons. The van der Waals surface area contributed by atoms with Crippen molar-refractivity contribution in [1.29, 1.82) is 0 Å². The van der Waals surface area contributed by atoms with E-state index >= 15 is 0 Å². The minimum atomic E-state index is -3.83. The van der Waals surface area contributed by atoms with Crippen molar-refractivity contribution in [2.24, 2.45) is 0 Å². The van der Waals surface area contributed by atoms with Crippen molar-refractivity contribution in [3.05, 3.63) is 76.8 Å². The predicted molar refractivity (Wildman–Crippen MR) is 123 cm³/mol. The summed E-state index contributed by atoms with van der Waals surface area (Å²) in [5, 5.41) is 2.81. The Bertz CT molecular complexity index is 1280. The number of aryl methyl sites for hydroxylation is 1. The van der Waals surface area contributed by atoms with Crippen LogP contribution in [-0.4, -0.2) is 27.7 Å². The van der Waals surface area contributed by atoms with Crippen molar-refractivity contribution < 1.29 is 27.4 Å². The van der Waals surface area contributed by atoms with E-state index in [9.17, 15) is 13.2 Å². The smallest absolute Gasteiger partial charge is 0.261 e. The Hall–Kier alpha value is -3.43. The van der Waals surface area contributed by atoms with Gasteiger partial charge < -0.3 is 19.5 Å². The highest BCUT2D eigenvalue weighted by Gasteiger charge is 2.17. The third kappa shape index (κ3) is 5.68. The first-order chi connectivity index (χ1) is 15.8. The fraction of sp³-hybridized carbons (Fsp3) is 0.174. The van der Waals surface area contributed by atoms with E-state index in [1.54, 1.807) is 36.4 Å². The average molecular weight is 489 g/mol. The highest BCUT2D eigenvalue weighted by molar-refractivity contribution is 7.92. The molecule has 3 aromatic carbocycles. The Morgan fingerprint density at radius 3 is 2.55 bits per heavy atom. The summed E-state index contributed by atoms with van der Waals surface area (Å²) in [6.07, 6.45) is 0. The quantitative estimate of drug-likeness (QED) is 0.499. The highest BCUT2D eigenvalue weighted by Crippen LogP contribution is 2.32. The van der Waals surface area contributed by atoms with Crippen LogP contribution >= 0.6 is 11.6 Å². The SMILES string of the molecule is Cc1ccc(NS(=O)(=O)c2ccc(OCC(=O)NCc3ccc4c(c3)OCO4)c(Cl)c2)cc1. The van der Waals surface area contributed by atoms with Crippen LogP contribution in [0.25, 0.3) is 0 Å². The molecular formula is C23H21ClN2O6S. The molecule has 10 heteroatoms. The molecule has 0 spiro atoms. The summed E-state index contributed by atoms with van der Waals surface area (Å²) < 4.78 is 43.8. The number of anilines is 1. The second kappa shape index (κ2) is 9.60. The zero-order chi connectivity index (χ0) is 23.4. The van der Waals surface area contributed by atoms with Crippen LogP contribution in [-0.2, 0) is 21.4 Å². The molecule has 0 aliphatic carbocycles. The molecule has 3 aromatic rings. The lowest BCUT2D eigenvalue weighted by molar-refractivity contribution is -0.123. The van der Waals surface area contributed by atoms with Crippen LogP contribution in [0.4, 0.5) is 5.69 Å². The maximum atomic E-state index is 12.6. The van der Waals surface area contributed by atoms with Crippen molar-refractivity contribution >= 4 is 33.2 Å². The minimum Gasteiger partial charge on any atom is -0.482 e. The van der Waals surface area contributed by atoms with E-state index in [0.29, 0.717) is 17.2 Å². The van der Waals surface area contributed by atoms with Gasteiger partial charge in [0.1, 0.15) is 5.75 Å². The molecule has 2 N–H and O–H groups in total. The molecule has 0 atom stereocenters. The number of hydrogen-bond acceptors (Lipinski definition) is 6. The van der Waals surface area contributed by atoms with E-state index in [1.807, 2.05) is 13.0 Å². The highest BCUT2D eigenvalue weighted by atomic mass is 35.5. The van der Waals surface area contributed by atoms with Crippen molar-refractivity contribution in [3.63, 3.8) is 0 Å². The topological polar surface area (TPSA) is 103 Å².